The summed E-state index contributed by atoms with van der Waals surface area (Å²) in [5, 5.41) is 3.65. The highest BCUT2D eigenvalue weighted by Gasteiger charge is 2.31. The van der Waals surface area contributed by atoms with Gasteiger partial charge in [-0.25, -0.2) is 8.42 Å². The molecule has 0 fully saturated rings. The van der Waals surface area contributed by atoms with Gasteiger partial charge in [0.05, 0.1) is 11.9 Å². The Morgan fingerprint density at radius 2 is 1.60 bits per heavy atom. The topological polar surface area (TPSA) is 86.8 Å². The summed E-state index contributed by atoms with van der Waals surface area (Å²) in [5.74, 6) is -0.442. The van der Waals surface area contributed by atoms with Crippen LogP contribution in [0.25, 0.3) is 0 Å². The van der Waals surface area contributed by atoms with Gasteiger partial charge in [-0.05, 0) is 80.1 Å². The number of halogens is 1. The lowest BCUT2D eigenvalue weighted by atomic mass is 10.0. The molecule has 3 aromatic carbocycles. The molecule has 226 valence electrons. The fourth-order valence-electron chi connectivity index (χ4n) is 4.67. The first kappa shape index (κ1) is 33.1. The first-order valence-electron chi connectivity index (χ1n) is 14.3. The molecule has 2 atom stereocenters. The Hall–Kier alpha value is -3.36. The highest BCUT2D eigenvalue weighted by atomic mass is 35.5. The van der Waals surface area contributed by atoms with Crippen LogP contribution < -0.4 is 9.62 Å². The maximum absolute atomic E-state index is 13.9. The molecule has 0 saturated heterocycles. The zero-order chi connectivity index (χ0) is 30.9. The molecule has 0 saturated carbocycles. The van der Waals surface area contributed by atoms with Gasteiger partial charge in [0, 0.05) is 37.0 Å². The molecule has 9 heteroatoms. The summed E-state index contributed by atoms with van der Waals surface area (Å²) >= 11 is 6.11. The minimum atomic E-state index is -3.57. The van der Waals surface area contributed by atoms with Crippen LogP contribution in [0.15, 0.2) is 72.8 Å². The molecule has 42 heavy (non-hydrogen) atoms. The average Bonchev–Trinajstić information content (AvgIpc) is 2.95. The second kappa shape index (κ2) is 15.2. The quantitative estimate of drug-likeness (QED) is 0.240. The smallest absolute Gasteiger partial charge is 0.243 e. The Morgan fingerprint density at radius 1 is 0.929 bits per heavy atom. The number of sulfonamides is 1. The van der Waals surface area contributed by atoms with Gasteiger partial charge < -0.3 is 10.2 Å². The maximum Gasteiger partial charge on any atom is 0.243 e. The van der Waals surface area contributed by atoms with Gasteiger partial charge >= 0.3 is 0 Å². The van der Waals surface area contributed by atoms with E-state index in [-0.39, 0.29) is 37.4 Å². The lowest BCUT2D eigenvalue weighted by molar-refractivity contribution is -0.141. The molecule has 0 heterocycles. The number of hydrogen-bond donors (Lipinski definition) is 1. The van der Waals surface area contributed by atoms with Crippen LogP contribution in [0, 0.1) is 13.8 Å². The van der Waals surface area contributed by atoms with Crippen LogP contribution in [0.5, 0.6) is 0 Å². The summed E-state index contributed by atoms with van der Waals surface area (Å²) in [6, 6.07) is 21.6. The van der Waals surface area contributed by atoms with Crippen molar-refractivity contribution in [3.05, 3.63) is 100 Å². The fraction of sp³-hybridized carbons (Fsp3) is 0.394. The predicted molar refractivity (Wildman–Crippen MR) is 171 cm³/mol. The minimum absolute atomic E-state index is 0.0513. The Morgan fingerprint density at radius 3 is 2.19 bits per heavy atom. The number of nitrogens with zero attached hydrogens (tertiary/aromatic N) is 2. The van der Waals surface area contributed by atoms with E-state index in [4.69, 9.17) is 11.6 Å². The number of carbonyl (C=O) groups is 2. The zero-order valence-electron chi connectivity index (χ0n) is 25.1. The van der Waals surface area contributed by atoms with E-state index in [1.165, 1.54) is 10.6 Å². The number of nitrogens with one attached hydrogen (secondary N) is 1. The number of amides is 2. The number of rotatable bonds is 14. The van der Waals surface area contributed by atoms with E-state index in [1.807, 2.05) is 82.3 Å². The van der Waals surface area contributed by atoms with Gasteiger partial charge in [0.15, 0.2) is 0 Å². The Labute approximate surface area is 255 Å². The van der Waals surface area contributed by atoms with Crippen LogP contribution >= 0.6 is 11.6 Å². The van der Waals surface area contributed by atoms with Crippen molar-refractivity contribution in [3.8, 4) is 0 Å². The number of anilines is 1. The maximum atomic E-state index is 13.9. The average molecular weight is 612 g/mol. The second-order valence-corrected chi connectivity index (χ2v) is 13.2. The summed E-state index contributed by atoms with van der Waals surface area (Å²) in [6.45, 7) is 8.21. The largest absolute Gasteiger partial charge is 0.352 e. The summed E-state index contributed by atoms with van der Waals surface area (Å²) < 4.78 is 26.8. The molecular formula is C33H42ClN3O4S. The van der Waals surface area contributed by atoms with Crippen LogP contribution in [-0.4, -0.2) is 50.0 Å². The molecule has 7 nitrogen and oxygen atoms in total. The van der Waals surface area contributed by atoms with Gasteiger partial charge in [0.2, 0.25) is 21.8 Å². The van der Waals surface area contributed by atoms with Gasteiger partial charge in [0.25, 0.3) is 0 Å². The van der Waals surface area contributed by atoms with E-state index in [0.29, 0.717) is 23.6 Å². The third kappa shape index (κ3) is 9.60. The molecule has 0 spiro atoms. The first-order chi connectivity index (χ1) is 19.9. The molecule has 3 rings (SSSR count). The van der Waals surface area contributed by atoms with Crippen molar-refractivity contribution in [2.75, 3.05) is 17.1 Å². The molecule has 3 aromatic rings. The van der Waals surface area contributed by atoms with E-state index < -0.39 is 16.1 Å². The van der Waals surface area contributed by atoms with Crippen molar-refractivity contribution in [1.29, 1.82) is 0 Å². The number of benzene rings is 3. The van der Waals surface area contributed by atoms with Gasteiger partial charge in [-0.15, -0.1) is 0 Å². The highest BCUT2D eigenvalue weighted by molar-refractivity contribution is 7.92. The van der Waals surface area contributed by atoms with Crippen molar-refractivity contribution < 1.29 is 18.0 Å². The van der Waals surface area contributed by atoms with E-state index >= 15 is 0 Å². The standard InChI is InChI=1S/C33H42ClN3O4S/c1-6-26(4)35-33(39)31(22-27-11-8-7-9-12-27)36(23-28-15-17-29(34)18-16-28)32(38)13-10-20-37(42(5,40)41)30-19-14-24(2)25(3)21-30/h7-9,11-12,14-19,21,26,31H,6,10,13,20,22-23H2,1-5H3,(H,35,39)/t26-,31-/m1/s1. The molecule has 0 radical (unpaired) electrons. The number of hydrogen-bond acceptors (Lipinski definition) is 4. The van der Waals surface area contributed by atoms with Gasteiger partial charge in [-0.1, -0.05) is 67.1 Å². The fourth-order valence-corrected chi connectivity index (χ4v) is 5.75. The third-order valence-electron chi connectivity index (χ3n) is 7.47. The van der Waals surface area contributed by atoms with E-state index in [0.717, 1.165) is 28.7 Å². The Balaban J connectivity index is 1.89. The van der Waals surface area contributed by atoms with E-state index in [2.05, 4.69) is 5.32 Å². The summed E-state index contributed by atoms with van der Waals surface area (Å²) in [5.41, 5.74) is 4.41. The Bertz CT molecular complexity index is 1450. The normalized spacial score (nSPS) is 12.8. The molecular weight excluding hydrogens is 570 g/mol. The van der Waals surface area contributed by atoms with Crippen LogP contribution in [0.2, 0.25) is 5.02 Å². The Kier molecular flexibility index (Phi) is 12.0. The number of carbonyl (C=O) groups excluding carboxylic acids is 2. The van der Waals surface area contributed by atoms with Gasteiger partial charge in [-0.2, -0.15) is 0 Å². The number of aryl methyl sites for hydroxylation is 2. The SMILES string of the molecule is CC[C@@H](C)NC(=O)[C@@H](Cc1ccccc1)N(Cc1ccc(Cl)cc1)C(=O)CCCN(c1ccc(C)c(C)c1)S(C)(=O)=O. The lowest BCUT2D eigenvalue weighted by Crippen LogP contribution is -2.52. The molecule has 2 amide bonds. The summed E-state index contributed by atoms with van der Waals surface area (Å²) in [6.07, 6.45) is 2.65. The predicted octanol–water partition coefficient (Wildman–Crippen LogP) is 6.06. The van der Waals surface area contributed by atoms with Crippen molar-refractivity contribution in [1.82, 2.24) is 10.2 Å². The van der Waals surface area contributed by atoms with Crippen LogP contribution in [0.1, 0.15) is 55.4 Å². The van der Waals surface area contributed by atoms with Crippen LogP contribution in [0.4, 0.5) is 5.69 Å². The molecule has 1 N–H and O–H groups in total. The molecule has 0 bridgehead atoms. The minimum Gasteiger partial charge on any atom is -0.352 e. The highest BCUT2D eigenvalue weighted by Crippen LogP contribution is 2.23. The lowest BCUT2D eigenvalue weighted by Gasteiger charge is -2.32. The van der Waals surface area contributed by atoms with Crippen molar-refractivity contribution in [2.45, 2.75) is 72.0 Å². The van der Waals surface area contributed by atoms with Crippen molar-refractivity contribution in [3.63, 3.8) is 0 Å². The summed E-state index contributed by atoms with van der Waals surface area (Å²) in [4.78, 5) is 29.2. The van der Waals surface area contributed by atoms with Crippen LogP contribution in [0.3, 0.4) is 0 Å². The first-order valence-corrected chi connectivity index (χ1v) is 16.5. The molecule has 0 aliphatic carbocycles. The molecule has 0 aromatic heterocycles. The van der Waals surface area contributed by atoms with Crippen molar-refractivity contribution >= 4 is 39.1 Å². The monoisotopic (exact) mass is 611 g/mol. The zero-order valence-corrected chi connectivity index (χ0v) is 26.7. The molecule has 0 aliphatic heterocycles. The third-order valence-corrected chi connectivity index (χ3v) is 8.91. The summed E-state index contributed by atoms with van der Waals surface area (Å²) in [7, 11) is -3.57. The van der Waals surface area contributed by atoms with Crippen molar-refractivity contribution in [2.24, 2.45) is 0 Å². The van der Waals surface area contributed by atoms with Gasteiger partial charge in [0.1, 0.15) is 6.04 Å². The molecule has 0 unspecified atom stereocenters. The van der Waals surface area contributed by atoms with E-state index in [9.17, 15) is 18.0 Å². The molecule has 0 aliphatic rings. The van der Waals surface area contributed by atoms with Crippen LogP contribution in [-0.2, 0) is 32.6 Å². The second-order valence-electron chi connectivity index (χ2n) is 10.9. The van der Waals surface area contributed by atoms with E-state index in [1.54, 1.807) is 23.1 Å². The van der Waals surface area contributed by atoms with Gasteiger partial charge in [-0.3, -0.25) is 13.9 Å².